The van der Waals surface area contributed by atoms with Crippen molar-refractivity contribution >= 4 is 27.7 Å². The molecule has 1 aromatic carbocycles. The van der Waals surface area contributed by atoms with Crippen LogP contribution in [0.25, 0.3) is 0 Å². The van der Waals surface area contributed by atoms with E-state index in [4.69, 9.17) is 4.74 Å². The molecule has 1 atom stereocenters. The third-order valence-electron chi connectivity index (χ3n) is 2.71. The van der Waals surface area contributed by atoms with Crippen LogP contribution in [0.4, 0.5) is 4.79 Å². The average Bonchev–Trinajstić information content (AvgIpc) is 2.45. The van der Waals surface area contributed by atoms with Gasteiger partial charge in [0.15, 0.2) is 15.9 Å². The highest BCUT2D eigenvalue weighted by molar-refractivity contribution is 7.89. The number of rotatable bonds is 5. The lowest BCUT2D eigenvalue weighted by molar-refractivity contribution is -0.127. The van der Waals surface area contributed by atoms with Gasteiger partial charge in [0.2, 0.25) is 0 Å². The summed E-state index contributed by atoms with van der Waals surface area (Å²) >= 11 is 0. The lowest BCUT2D eigenvalue weighted by atomic mass is 10.1. The van der Waals surface area contributed by atoms with Crippen LogP contribution in [0, 0.1) is 0 Å². The molecule has 1 rings (SSSR count). The van der Waals surface area contributed by atoms with Crippen molar-refractivity contribution in [2.24, 2.45) is 0 Å². The minimum absolute atomic E-state index is 0.116. The number of sulfone groups is 1. The molecule has 8 nitrogen and oxygen atoms in total. The Hall–Kier alpha value is -2.42. The summed E-state index contributed by atoms with van der Waals surface area (Å²) in [5, 5.41) is 4.18. The van der Waals surface area contributed by atoms with Gasteiger partial charge >= 0.3 is 12.0 Å². The van der Waals surface area contributed by atoms with Gasteiger partial charge in [0.1, 0.15) is 0 Å². The topological polar surface area (TPSA) is 119 Å². The number of benzene rings is 1. The van der Waals surface area contributed by atoms with Crippen molar-refractivity contribution < 1.29 is 27.5 Å². The van der Waals surface area contributed by atoms with Gasteiger partial charge in [-0.15, -0.1) is 0 Å². The molecule has 2 N–H and O–H groups in total. The van der Waals surface area contributed by atoms with Crippen molar-refractivity contribution in [2.45, 2.75) is 18.8 Å². The fourth-order valence-corrected chi connectivity index (χ4v) is 2.43. The SMILES string of the molecule is CNC(=O)NC(=O)[C@H](C)OC(=O)c1cccc(CS(C)(=O)=O)c1. The summed E-state index contributed by atoms with van der Waals surface area (Å²) in [6.07, 6.45) is -0.0956. The number of hydrogen-bond acceptors (Lipinski definition) is 6. The third kappa shape index (κ3) is 6.47. The van der Waals surface area contributed by atoms with E-state index in [1.807, 2.05) is 5.32 Å². The van der Waals surface area contributed by atoms with Crippen molar-refractivity contribution in [1.29, 1.82) is 0 Å². The molecule has 9 heteroatoms. The van der Waals surface area contributed by atoms with Gasteiger partial charge < -0.3 is 10.1 Å². The minimum atomic E-state index is -3.23. The molecule has 0 aliphatic carbocycles. The van der Waals surface area contributed by atoms with Gasteiger partial charge in [-0.2, -0.15) is 0 Å². The summed E-state index contributed by atoms with van der Waals surface area (Å²) in [6, 6.07) is 5.20. The van der Waals surface area contributed by atoms with E-state index >= 15 is 0 Å². The lowest BCUT2D eigenvalue weighted by Crippen LogP contribution is -2.43. The van der Waals surface area contributed by atoms with Gasteiger partial charge in [0, 0.05) is 13.3 Å². The maximum Gasteiger partial charge on any atom is 0.338 e. The van der Waals surface area contributed by atoms with Gasteiger partial charge in [0.05, 0.1) is 11.3 Å². The number of ether oxygens (including phenoxy) is 1. The maximum absolute atomic E-state index is 12.0. The number of amides is 3. The van der Waals surface area contributed by atoms with Crippen LogP contribution in [0.2, 0.25) is 0 Å². The molecule has 0 unspecified atom stereocenters. The van der Waals surface area contributed by atoms with E-state index in [2.05, 4.69) is 5.32 Å². The van der Waals surface area contributed by atoms with E-state index in [9.17, 15) is 22.8 Å². The second-order valence-corrected chi connectivity index (χ2v) is 7.03. The predicted octanol–water partition coefficient (Wildman–Crippen LogP) is 0.232. The van der Waals surface area contributed by atoms with Crippen molar-refractivity contribution in [3.63, 3.8) is 0 Å². The number of carbonyl (C=O) groups excluding carboxylic acids is 3. The van der Waals surface area contributed by atoms with Crippen molar-refractivity contribution in [3.8, 4) is 0 Å². The van der Waals surface area contributed by atoms with Crippen LogP contribution < -0.4 is 10.6 Å². The normalized spacial score (nSPS) is 12.1. The smallest absolute Gasteiger partial charge is 0.338 e. The highest BCUT2D eigenvalue weighted by atomic mass is 32.2. The molecule has 0 aliphatic heterocycles. The number of imide groups is 1. The van der Waals surface area contributed by atoms with Crippen molar-refractivity contribution in [3.05, 3.63) is 35.4 Å². The van der Waals surface area contributed by atoms with Crippen molar-refractivity contribution in [2.75, 3.05) is 13.3 Å². The van der Waals surface area contributed by atoms with Crippen LogP contribution in [-0.2, 0) is 25.1 Å². The van der Waals surface area contributed by atoms with Crippen molar-refractivity contribution in [1.82, 2.24) is 10.6 Å². The molecule has 0 aromatic heterocycles. The molecule has 1 aromatic rings. The monoisotopic (exact) mass is 342 g/mol. The number of esters is 1. The molecule has 0 fully saturated rings. The molecule has 0 heterocycles. The van der Waals surface area contributed by atoms with Crippen LogP contribution >= 0.6 is 0 Å². The van der Waals surface area contributed by atoms with E-state index in [1.165, 1.54) is 32.2 Å². The number of nitrogens with one attached hydrogen (secondary N) is 2. The molecule has 0 saturated heterocycles. The first-order valence-corrected chi connectivity index (χ1v) is 8.68. The Bertz CT molecular complexity index is 714. The van der Waals surface area contributed by atoms with Gasteiger partial charge in [-0.25, -0.2) is 18.0 Å². The maximum atomic E-state index is 12.0. The lowest BCUT2D eigenvalue weighted by Gasteiger charge is -2.13. The zero-order valence-corrected chi connectivity index (χ0v) is 13.8. The summed E-state index contributed by atoms with van der Waals surface area (Å²) < 4.78 is 27.5. The molecule has 0 saturated carbocycles. The van der Waals surface area contributed by atoms with Crippen LogP contribution in [0.15, 0.2) is 24.3 Å². The highest BCUT2D eigenvalue weighted by Crippen LogP contribution is 2.11. The number of carbonyl (C=O) groups is 3. The predicted molar refractivity (Wildman–Crippen MR) is 82.5 cm³/mol. The zero-order valence-electron chi connectivity index (χ0n) is 13.0. The minimum Gasteiger partial charge on any atom is -0.449 e. The first kappa shape index (κ1) is 18.6. The molecule has 0 aliphatic rings. The Labute approximate surface area is 134 Å². The van der Waals surface area contributed by atoms with E-state index in [0.29, 0.717) is 5.56 Å². The zero-order chi connectivity index (χ0) is 17.6. The molecule has 3 amide bonds. The van der Waals surface area contributed by atoms with Gasteiger partial charge in [0.25, 0.3) is 5.91 Å². The van der Waals surface area contributed by atoms with E-state index < -0.39 is 33.8 Å². The first-order valence-electron chi connectivity index (χ1n) is 6.62. The molecular weight excluding hydrogens is 324 g/mol. The standard InChI is InChI=1S/C14H18N2O6S/c1-9(12(17)16-14(19)15-2)22-13(18)11-6-4-5-10(7-11)8-23(3,20)21/h4-7,9H,8H2,1-3H3,(H2,15,16,17,19)/t9-/m0/s1. The van der Waals surface area contributed by atoms with Crippen LogP contribution in [0.3, 0.4) is 0 Å². The van der Waals surface area contributed by atoms with Crippen LogP contribution in [-0.4, -0.2) is 45.7 Å². The molecule has 126 valence electrons. The molecule has 0 spiro atoms. The Morgan fingerprint density at radius 2 is 1.91 bits per heavy atom. The summed E-state index contributed by atoms with van der Waals surface area (Å²) in [7, 11) is -1.89. The third-order valence-corrected chi connectivity index (χ3v) is 3.57. The number of hydrogen-bond donors (Lipinski definition) is 2. The Balaban J connectivity index is 2.76. The number of urea groups is 1. The summed E-state index contributed by atoms with van der Waals surface area (Å²) in [6.45, 7) is 1.32. The summed E-state index contributed by atoms with van der Waals surface area (Å²) in [4.78, 5) is 34.6. The molecule has 0 radical (unpaired) electrons. The molecule has 23 heavy (non-hydrogen) atoms. The first-order chi connectivity index (χ1) is 10.6. The Kier molecular flexibility index (Phi) is 6.26. The van der Waals surface area contributed by atoms with E-state index in [1.54, 1.807) is 6.07 Å². The second kappa shape index (κ2) is 7.73. The fourth-order valence-electron chi connectivity index (χ4n) is 1.65. The van der Waals surface area contributed by atoms with Gasteiger partial charge in [-0.3, -0.25) is 10.1 Å². The molecular formula is C14H18N2O6S. The van der Waals surface area contributed by atoms with Gasteiger partial charge in [-0.05, 0) is 24.6 Å². The Morgan fingerprint density at radius 3 is 2.48 bits per heavy atom. The highest BCUT2D eigenvalue weighted by Gasteiger charge is 2.20. The van der Waals surface area contributed by atoms with Gasteiger partial charge in [-0.1, -0.05) is 12.1 Å². The fraction of sp³-hybridized carbons (Fsp3) is 0.357. The average molecular weight is 342 g/mol. The summed E-state index contributed by atoms with van der Waals surface area (Å²) in [5.74, 6) is -1.77. The van der Waals surface area contributed by atoms with Crippen LogP contribution in [0.1, 0.15) is 22.8 Å². The quantitative estimate of drug-likeness (QED) is 0.740. The summed E-state index contributed by atoms with van der Waals surface area (Å²) in [5.41, 5.74) is 0.551. The molecule has 0 bridgehead atoms. The van der Waals surface area contributed by atoms with E-state index in [0.717, 1.165) is 6.26 Å². The Morgan fingerprint density at radius 1 is 1.26 bits per heavy atom. The van der Waals surface area contributed by atoms with E-state index in [-0.39, 0.29) is 11.3 Å². The van der Waals surface area contributed by atoms with Crippen LogP contribution in [0.5, 0.6) is 0 Å². The largest absolute Gasteiger partial charge is 0.449 e. The second-order valence-electron chi connectivity index (χ2n) is 4.89.